The van der Waals surface area contributed by atoms with Gasteiger partial charge in [0, 0.05) is 48.5 Å². The van der Waals surface area contributed by atoms with Crippen LogP contribution in [-0.2, 0) is 13.6 Å². The van der Waals surface area contributed by atoms with E-state index in [9.17, 15) is 14.3 Å². The van der Waals surface area contributed by atoms with E-state index in [0.717, 1.165) is 70.2 Å². The molecular weight excluding hydrogens is 557 g/mol. The number of rotatable bonds is 6. The molecule has 5 heterocycles. The Labute approximate surface area is 253 Å². The van der Waals surface area contributed by atoms with E-state index in [0.29, 0.717) is 17.9 Å². The van der Waals surface area contributed by atoms with Gasteiger partial charge < -0.3 is 19.6 Å². The average molecular weight is 592 g/mol. The van der Waals surface area contributed by atoms with Gasteiger partial charge in [0.15, 0.2) is 5.82 Å². The Kier molecular flexibility index (Phi) is 6.81. The first kappa shape index (κ1) is 28.0. The summed E-state index contributed by atoms with van der Waals surface area (Å²) in [5, 5.41) is 16.5. The average Bonchev–Trinajstić information content (AvgIpc) is 3.68. The first-order valence-corrected chi connectivity index (χ1v) is 14.9. The molecule has 10 heteroatoms. The SMILES string of the molecule is Cn1cc(-c2ccc3nc(-c4cnn(CC(C)(C)O)c4)nc(N4CCCC[C@@H]4c4ccc(F)cc4)c3c2)c2cc[nH]c2c1=O. The second-order valence-electron chi connectivity index (χ2n) is 12.3. The minimum Gasteiger partial charge on any atom is -0.389 e. The number of fused-ring (bicyclic) bond motifs is 2. The van der Waals surface area contributed by atoms with Gasteiger partial charge in [0.1, 0.15) is 17.2 Å². The quantitative estimate of drug-likeness (QED) is 0.247. The zero-order valence-electron chi connectivity index (χ0n) is 25.0. The van der Waals surface area contributed by atoms with Crippen molar-refractivity contribution in [3.63, 3.8) is 0 Å². The van der Waals surface area contributed by atoms with Gasteiger partial charge in [-0.25, -0.2) is 14.4 Å². The van der Waals surface area contributed by atoms with Gasteiger partial charge in [0.05, 0.1) is 35.5 Å². The number of aromatic amines is 1. The van der Waals surface area contributed by atoms with Crippen molar-refractivity contribution in [1.82, 2.24) is 29.3 Å². The number of benzene rings is 2. The lowest BCUT2D eigenvalue weighted by atomic mass is 9.94. The van der Waals surface area contributed by atoms with E-state index in [1.807, 2.05) is 42.7 Å². The highest BCUT2D eigenvalue weighted by atomic mass is 19.1. The van der Waals surface area contributed by atoms with Gasteiger partial charge in [0.2, 0.25) is 0 Å². The molecule has 2 aromatic carbocycles. The van der Waals surface area contributed by atoms with Crippen LogP contribution in [0.15, 0.2) is 78.1 Å². The maximum absolute atomic E-state index is 13.9. The second kappa shape index (κ2) is 10.7. The number of pyridine rings is 1. The van der Waals surface area contributed by atoms with Crippen LogP contribution in [0, 0.1) is 5.82 Å². The smallest absolute Gasteiger partial charge is 0.274 e. The fourth-order valence-electron chi connectivity index (χ4n) is 6.31. The first-order chi connectivity index (χ1) is 21.1. The minimum absolute atomic E-state index is 0.0193. The molecule has 1 aliphatic heterocycles. The van der Waals surface area contributed by atoms with Crippen molar-refractivity contribution in [1.29, 1.82) is 0 Å². The Morgan fingerprint density at radius 3 is 2.64 bits per heavy atom. The van der Waals surface area contributed by atoms with Crippen molar-refractivity contribution in [2.75, 3.05) is 11.4 Å². The van der Waals surface area contributed by atoms with Crippen LogP contribution in [0.5, 0.6) is 0 Å². The molecular formula is C34H34FN7O2. The molecule has 0 unspecified atom stereocenters. The minimum atomic E-state index is -0.920. The fraction of sp³-hybridized carbons (Fsp3) is 0.294. The van der Waals surface area contributed by atoms with Crippen molar-refractivity contribution in [2.24, 2.45) is 7.05 Å². The van der Waals surface area contributed by atoms with E-state index >= 15 is 0 Å². The van der Waals surface area contributed by atoms with E-state index in [-0.39, 0.29) is 17.4 Å². The van der Waals surface area contributed by atoms with E-state index < -0.39 is 5.60 Å². The van der Waals surface area contributed by atoms with Crippen molar-refractivity contribution in [3.8, 4) is 22.5 Å². The molecule has 0 aliphatic carbocycles. The van der Waals surface area contributed by atoms with Crippen LogP contribution < -0.4 is 10.5 Å². The second-order valence-corrected chi connectivity index (χ2v) is 12.3. The van der Waals surface area contributed by atoms with Crippen LogP contribution >= 0.6 is 0 Å². The molecule has 1 fully saturated rings. The number of H-pyrrole nitrogens is 1. The topological polar surface area (TPSA) is 105 Å². The molecule has 6 aromatic rings. The summed E-state index contributed by atoms with van der Waals surface area (Å²) < 4.78 is 17.2. The Morgan fingerprint density at radius 1 is 1.02 bits per heavy atom. The molecule has 0 spiro atoms. The van der Waals surface area contributed by atoms with Gasteiger partial charge in [-0.1, -0.05) is 18.2 Å². The predicted octanol–water partition coefficient (Wildman–Crippen LogP) is 5.98. The highest BCUT2D eigenvalue weighted by Crippen LogP contribution is 2.40. The van der Waals surface area contributed by atoms with Crippen LogP contribution in [0.1, 0.15) is 44.7 Å². The van der Waals surface area contributed by atoms with Crippen LogP contribution in [0.3, 0.4) is 0 Å². The van der Waals surface area contributed by atoms with Crippen LogP contribution in [0.4, 0.5) is 10.2 Å². The molecule has 0 radical (unpaired) electrons. The summed E-state index contributed by atoms with van der Waals surface area (Å²) in [4.78, 5) is 28.3. The molecule has 7 rings (SSSR count). The predicted molar refractivity (Wildman–Crippen MR) is 170 cm³/mol. The number of halogens is 1. The molecule has 1 saturated heterocycles. The molecule has 2 N–H and O–H groups in total. The number of nitrogens with one attached hydrogen (secondary N) is 1. The maximum atomic E-state index is 13.9. The first-order valence-electron chi connectivity index (χ1n) is 14.9. The summed E-state index contributed by atoms with van der Waals surface area (Å²) in [6.07, 6.45) is 10.2. The zero-order valence-corrected chi connectivity index (χ0v) is 25.0. The van der Waals surface area contributed by atoms with Gasteiger partial charge in [-0.05, 0) is 74.6 Å². The number of piperidine rings is 1. The van der Waals surface area contributed by atoms with E-state index in [2.05, 4.69) is 21.0 Å². The van der Waals surface area contributed by atoms with Crippen molar-refractivity contribution in [2.45, 2.75) is 51.3 Å². The van der Waals surface area contributed by atoms with Crippen molar-refractivity contribution < 1.29 is 9.50 Å². The highest BCUT2D eigenvalue weighted by Gasteiger charge is 2.28. The van der Waals surface area contributed by atoms with Gasteiger partial charge >= 0.3 is 0 Å². The Bertz CT molecular complexity index is 2050. The largest absolute Gasteiger partial charge is 0.389 e. The number of anilines is 1. The lowest BCUT2D eigenvalue weighted by Gasteiger charge is -2.37. The Balaban J connectivity index is 1.42. The lowest BCUT2D eigenvalue weighted by Crippen LogP contribution is -2.34. The van der Waals surface area contributed by atoms with Crippen LogP contribution in [0.25, 0.3) is 44.3 Å². The normalized spacial score (nSPS) is 15.8. The molecule has 4 aromatic heterocycles. The number of aromatic nitrogens is 6. The molecule has 0 bridgehead atoms. The Hall–Kier alpha value is -4.83. The zero-order chi connectivity index (χ0) is 30.6. The Morgan fingerprint density at radius 2 is 1.84 bits per heavy atom. The van der Waals surface area contributed by atoms with Gasteiger partial charge in [-0.2, -0.15) is 5.10 Å². The van der Waals surface area contributed by atoms with Gasteiger partial charge in [-0.15, -0.1) is 0 Å². The number of aliphatic hydroxyl groups is 1. The third kappa shape index (κ3) is 5.15. The molecule has 1 aliphatic rings. The third-order valence-electron chi connectivity index (χ3n) is 8.35. The molecule has 0 amide bonds. The summed E-state index contributed by atoms with van der Waals surface area (Å²) in [5.41, 5.74) is 4.02. The molecule has 0 saturated carbocycles. The van der Waals surface area contributed by atoms with Crippen molar-refractivity contribution >= 4 is 27.6 Å². The summed E-state index contributed by atoms with van der Waals surface area (Å²) in [5.74, 6) is 1.08. The molecule has 44 heavy (non-hydrogen) atoms. The molecule has 1 atom stereocenters. The van der Waals surface area contributed by atoms with Crippen LogP contribution in [0.2, 0.25) is 0 Å². The van der Waals surface area contributed by atoms with Crippen molar-refractivity contribution in [3.05, 3.63) is 95.1 Å². The van der Waals surface area contributed by atoms with Gasteiger partial charge in [-0.3, -0.25) is 9.48 Å². The summed E-state index contributed by atoms with van der Waals surface area (Å²) in [6, 6.07) is 14.8. The number of aryl methyl sites for hydroxylation is 1. The lowest BCUT2D eigenvalue weighted by molar-refractivity contribution is 0.0577. The standard InChI is InChI=1S/C34H34FN7O2/c1-34(2,44)20-41-18-23(17-37-41)31-38-28-12-9-22(27-19-40(3)33(43)30-25(27)13-14-36-30)16-26(28)32(39-31)42-15-5-4-6-29(42)21-7-10-24(35)11-8-21/h7-14,16-19,29,36,44H,4-6,15,20H2,1-3H3/t29-/m1/s1. The summed E-state index contributed by atoms with van der Waals surface area (Å²) >= 11 is 0. The summed E-state index contributed by atoms with van der Waals surface area (Å²) in [7, 11) is 1.76. The van der Waals surface area contributed by atoms with E-state index in [1.54, 1.807) is 42.5 Å². The molecule has 224 valence electrons. The highest BCUT2D eigenvalue weighted by molar-refractivity contribution is 5.99. The fourth-order valence-corrected chi connectivity index (χ4v) is 6.31. The maximum Gasteiger partial charge on any atom is 0.274 e. The third-order valence-corrected chi connectivity index (χ3v) is 8.35. The van der Waals surface area contributed by atoms with E-state index in [1.165, 1.54) is 12.1 Å². The monoisotopic (exact) mass is 591 g/mol. The van der Waals surface area contributed by atoms with Gasteiger partial charge in [0.25, 0.3) is 5.56 Å². The number of hydrogen-bond donors (Lipinski definition) is 2. The van der Waals surface area contributed by atoms with E-state index in [4.69, 9.17) is 9.97 Å². The number of hydrogen-bond acceptors (Lipinski definition) is 6. The van der Waals surface area contributed by atoms with Crippen LogP contribution in [-0.4, -0.2) is 46.6 Å². The number of nitrogens with zero attached hydrogens (tertiary/aromatic N) is 6. The summed E-state index contributed by atoms with van der Waals surface area (Å²) in [6.45, 7) is 4.61. The molecule has 9 nitrogen and oxygen atoms in total.